The van der Waals surface area contributed by atoms with Crippen LogP contribution in [0.15, 0.2) is 23.4 Å². The number of benzene rings is 1. The Balaban J connectivity index is 1.36. The van der Waals surface area contributed by atoms with Crippen LogP contribution in [0.4, 0.5) is 0 Å². The first-order chi connectivity index (χ1) is 14.2. The Kier molecular flexibility index (Phi) is 7.79. The summed E-state index contributed by atoms with van der Waals surface area (Å²) in [7, 11) is 0. The van der Waals surface area contributed by atoms with Gasteiger partial charge in [-0.25, -0.2) is 4.98 Å². The third-order valence-corrected chi connectivity index (χ3v) is 7.69. The molecule has 0 radical (unpaired) electrons. The van der Waals surface area contributed by atoms with Gasteiger partial charge in [-0.05, 0) is 43.9 Å². The molecule has 2 aliphatic rings. The second-order valence-electron chi connectivity index (χ2n) is 8.26. The smallest absolute Gasteiger partial charge is 0.208 e. The molecule has 4 nitrogen and oxygen atoms in total. The van der Waals surface area contributed by atoms with Crippen molar-refractivity contribution >= 4 is 35.0 Å². The normalized spacial score (nSPS) is 19.1. The summed E-state index contributed by atoms with van der Waals surface area (Å²) >= 11 is 14.0. The van der Waals surface area contributed by atoms with E-state index in [4.69, 9.17) is 23.2 Å². The third-order valence-electron chi connectivity index (χ3n) is 6.32. The number of rotatable bonds is 7. The summed E-state index contributed by atoms with van der Waals surface area (Å²) in [6.07, 6.45) is 13.9. The minimum Gasteiger partial charge on any atom is -0.297 e. The lowest BCUT2D eigenvalue weighted by atomic mass is 9.89. The van der Waals surface area contributed by atoms with E-state index in [1.54, 1.807) is 17.8 Å². The van der Waals surface area contributed by atoms with E-state index in [1.165, 1.54) is 64.2 Å². The standard InChI is InChI=1S/C22H30Cl2N4S/c23-16-11-12-19(20(24)15-16)21-25-22(27-26-21)29-14-13-28(17-7-3-1-4-8-17)18-9-5-2-6-10-18/h11-12,15,17-18H,1-10,13-14H2,(H,25,26,27). The van der Waals surface area contributed by atoms with Crippen LogP contribution in [-0.4, -0.2) is 44.5 Å². The molecule has 0 unspecified atom stereocenters. The van der Waals surface area contributed by atoms with Crippen molar-refractivity contribution in [3.63, 3.8) is 0 Å². The van der Waals surface area contributed by atoms with Crippen LogP contribution < -0.4 is 0 Å². The van der Waals surface area contributed by atoms with Crippen LogP contribution in [0.1, 0.15) is 64.2 Å². The molecule has 0 atom stereocenters. The zero-order chi connectivity index (χ0) is 20.1. The van der Waals surface area contributed by atoms with E-state index in [9.17, 15) is 0 Å². The number of halogens is 2. The van der Waals surface area contributed by atoms with E-state index in [0.717, 1.165) is 35.1 Å². The van der Waals surface area contributed by atoms with E-state index in [2.05, 4.69) is 20.1 Å². The van der Waals surface area contributed by atoms with Crippen molar-refractivity contribution in [1.82, 2.24) is 20.1 Å². The molecule has 0 bridgehead atoms. The van der Waals surface area contributed by atoms with E-state index >= 15 is 0 Å². The zero-order valence-electron chi connectivity index (χ0n) is 16.9. The van der Waals surface area contributed by atoms with Gasteiger partial charge in [-0.2, -0.15) is 0 Å². The second-order valence-corrected chi connectivity index (χ2v) is 10.2. The van der Waals surface area contributed by atoms with Crippen molar-refractivity contribution in [3.8, 4) is 11.4 Å². The number of hydrogen-bond acceptors (Lipinski definition) is 4. The number of hydrogen-bond donors (Lipinski definition) is 1. The summed E-state index contributed by atoms with van der Waals surface area (Å²) in [4.78, 5) is 7.49. The molecule has 29 heavy (non-hydrogen) atoms. The van der Waals surface area contributed by atoms with E-state index in [0.29, 0.717) is 15.9 Å². The summed E-state index contributed by atoms with van der Waals surface area (Å²) in [5.74, 6) is 1.73. The Morgan fingerprint density at radius 3 is 2.24 bits per heavy atom. The van der Waals surface area contributed by atoms with Gasteiger partial charge in [0.1, 0.15) is 0 Å². The largest absolute Gasteiger partial charge is 0.297 e. The molecule has 0 spiro atoms. The van der Waals surface area contributed by atoms with Gasteiger partial charge in [-0.1, -0.05) is 73.5 Å². The molecule has 1 aromatic heterocycles. The zero-order valence-corrected chi connectivity index (χ0v) is 19.2. The van der Waals surface area contributed by atoms with Gasteiger partial charge >= 0.3 is 0 Å². The lowest BCUT2D eigenvalue weighted by molar-refractivity contribution is 0.0881. The maximum atomic E-state index is 6.31. The minimum atomic E-state index is 0.589. The van der Waals surface area contributed by atoms with Gasteiger partial charge in [-0.3, -0.25) is 10.00 Å². The van der Waals surface area contributed by atoms with Crippen LogP contribution >= 0.6 is 35.0 Å². The van der Waals surface area contributed by atoms with Crippen molar-refractivity contribution in [3.05, 3.63) is 28.2 Å². The third kappa shape index (κ3) is 5.69. The van der Waals surface area contributed by atoms with Gasteiger partial charge in [0.25, 0.3) is 0 Å². The Hall–Kier alpha value is -0.750. The Morgan fingerprint density at radius 2 is 1.62 bits per heavy atom. The molecule has 0 saturated heterocycles. The lowest BCUT2D eigenvalue weighted by Crippen LogP contribution is -2.46. The predicted molar refractivity (Wildman–Crippen MR) is 123 cm³/mol. The molecule has 4 rings (SSSR count). The molecule has 7 heteroatoms. The van der Waals surface area contributed by atoms with Crippen LogP contribution in [0.2, 0.25) is 10.0 Å². The van der Waals surface area contributed by atoms with E-state index in [1.807, 2.05) is 12.1 Å². The Bertz CT molecular complexity index is 767. The molecule has 2 saturated carbocycles. The number of nitrogens with one attached hydrogen (secondary N) is 1. The van der Waals surface area contributed by atoms with Gasteiger partial charge in [-0.15, -0.1) is 5.10 Å². The van der Waals surface area contributed by atoms with Crippen molar-refractivity contribution < 1.29 is 0 Å². The average molecular weight is 453 g/mol. The van der Waals surface area contributed by atoms with Gasteiger partial charge in [0, 0.05) is 35.0 Å². The maximum absolute atomic E-state index is 6.31. The highest BCUT2D eigenvalue weighted by atomic mass is 35.5. The van der Waals surface area contributed by atoms with Crippen LogP contribution in [0.3, 0.4) is 0 Å². The predicted octanol–water partition coefficient (Wildman–Crippen LogP) is 6.84. The van der Waals surface area contributed by atoms with Gasteiger partial charge < -0.3 is 0 Å². The van der Waals surface area contributed by atoms with E-state index < -0.39 is 0 Å². The summed E-state index contributed by atoms with van der Waals surface area (Å²) in [6.45, 7) is 1.13. The fourth-order valence-corrected chi connectivity index (χ4v) is 6.09. The van der Waals surface area contributed by atoms with Gasteiger partial charge in [0.2, 0.25) is 5.16 Å². The van der Waals surface area contributed by atoms with Crippen molar-refractivity contribution in [2.24, 2.45) is 0 Å². The summed E-state index contributed by atoms with van der Waals surface area (Å²) in [5, 5.41) is 9.42. The topological polar surface area (TPSA) is 44.8 Å². The second kappa shape index (κ2) is 10.5. The first kappa shape index (κ1) is 21.5. The van der Waals surface area contributed by atoms with Gasteiger partial charge in [0.15, 0.2) is 5.82 Å². The average Bonchev–Trinajstić information content (AvgIpc) is 3.21. The number of nitrogens with zero attached hydrogens (tertiary/aromatic N) is 3. The van der Waals surface area contributed by atoms with E-state index in [-0.39, 0.29) is 0 Å². The number of aromatic nitrogens is 3. The molecular formula is C22H30Cl2N4S. The van der Waals surface area contributed by atoms with Crippen molar-refractivity contribution in [1.29, 1.82) is 0 Å². The van der Waals surface area contributed by atoms with Crippen LogP contribution in [0.25, 0.3) is 11.4 Å². The summed E-state index contributed by atoms with van der Waals surface area (Å²) in [6, 6.07) is 7.00. The van der Waals surface area contributed by atoms with Crippen LogP contribution in [0, 0.1) is 0 Å². The molecule has 0 aliphatic heterocycles. The number of thioether (sulfide) groups is 1. The summed E-state index contributed by atoms with van der Waals surface area (Å²) in [5.41, 5.74) is 0.835. The highest BCUT2D eigenvalue weighted by Gasteiger charge is 2.28. The molecule has 1 N–H and O–H groups in total. The molecule has 158 valence electrons. The quantitative estimate of drug-likeness (QED) is 0.466. The Morgan fingerprint density at radius 1 is 0.966 bits per heavy atom. The maximum Gasteiger partial charge on any atom is 0.208 e. The van der Waals surface area contributed by atoms with Crippen molar-refractivity contribution in [2.45, 2.75) is 81.4 Å². The minimum absolute atomic E-state index is 0.589. The van der Waals surface area contributed by atoms with Crippen molar-refractivity contribution in [2.75, 3.05) is 12.3 Å². The fourth-order valence-electron chi connectivity index (χ4n) is 4.84. The fraction of sp³-hybridized carbons (Fsp3) is 0.636. The molecule has 2 fully saturated rings. The first-order valence-electron chi connectivity index (χ1n) is 11.0. The monoisotopic (exact) mass is 452 g/mol. The van der Waals surface area contributed by atoms with Crippen LogP contribution in [-0.2, 0) is 0 Å². The molecule has 2 aromatic rings. The summed E-state index contributed by atoms with van der Waals surface area (Å²) < 4.78 is 0. The molecular weight excluding hydrogens is 423 g/mol. The number of aromatic amines is 1. The highest BCUT2D eigenvalue weighted by molar-refractivity contribution is 7.99. The number of H-pyrrole nitrogens is 1. The molecule has 1 heterocycles. The highest BCUT2D eigenvalue weighted by Crippen LogP contribution is 2.32. The lowest BCUT2D eigenvalue weighted by Gasteiger charge is -2.41. The first-order valence-corrected chi connectivity index (χ1v) is 12.7. The SMILES string of the molecule is Clc1ccc(-c2nc(SCCN(C3CCCCC3)C3CCCCC3)n[nH]2)c(Cl)c1. The Labute approximate surface area is 188 Å². The van der Waals surface area contributed by atoms with Gasteiger partial charge in [0.05, 0.1) is 5.02 Å². The molecule has 1 aromatic carbocycles. The van der Waals surface area contributed by atoms with Crippen LogP contribution in [0.5, 0.6) is 0 Å². The molecule has 0 amide bonds. The molecule has 2 aliphatic carbocycles.